The van der Waals surface area contributed by atoms with Gasteiger partial charge in [-0.1, -0.05) is 20.3 Å². The van der Waals surface area contributed by atoms with Crippen molar-refractivity contribution in [1.29, 1.82) is 0 Å². The van der Waals surface area contributed by atoms with Crippen molar-refractivity contribution in [1.82, 2.24) is 15.1 Å². The second-order valence-electron chi connectivity index (χ2n) is 5.21. The number of nitrogens with one attached hydrogen (secondary N) is 1. The predicted octanol–water partition coefficient (Wildman–Crippen LogP) is 2.17. The van der Waals surface area contributed by atoms with E-state index in [0.717, 1.165) is 15.9 Å². The van der Waals surface area contributed by atoms with Crippen LogP contribution < -0.4 is 5.32 Å². The van der Waals surface area contributed by atoms with Crippen LogP contribution in [0.3, 0.4) is 0 Å². The molecule has 2 aromatic rings. The molecule has 6 nitrogen and oxygen atoms in total. The van der Waals surface area contributed by atoms with E-state index in [0.29, 0.717) is 11.3 Å². The summed E-state index contributed by atoms with van der Waals surface area (Å²) in [6, 6.07) is 0.902. The summed E-state index contributed by atoms with van der Waals surface area (Å²) in [5.74, 6) is -1.47. The molecule has 0 radical (unpaired) electrons. The Kier molecular flexibility index (Phi) is 4.32. The number of carboxylic acids is 1. The summed E-state index contributed by atoms with van der Waals surface area (Å²) in [5, 5.41) is 17.1. The van der Waals surface area contributed by atoms with Gasteiger partial charge < -0.3 is 10.4 Å². The van der Waals surface area contributed by atoms with Crippen LogP contribution in [0.15, 0.2) is 6.07 Å². The van der Waals surface area contributed by atoms with Gasteiger partial charge in [0.2, 0.25) is 0 Å². The van der Waals surface area contributed by atoms with E-state index in [9.17, 15) is 14.7 Å². The molecular formula is C14H19N3O3S. The van der Waals surface area contributed by atoms with Gasteiger partial charge in [-0.05, 0) is 18.9 Å². The Morgan fingerprint density at radius 3 is 2.71 bits per heavy atom. The van der Waals surface area contributed by atoms with Gasteiger partial charge in [0.05, 0.1) is 10.6 Å². The van der Waals surface area contributed by atoms with Crippen LogP contribution in [0.1, 0.15) is 35.6 Å². The zero-order valence-electron chi connectivity index (χ0n) is 12.5. The summed E-state index contributed by atoms with van der Waals surface area (Å²) in [4.78, 5) is 25.0. The highest BCUT2D eigenvalue weighted by Crippen LogP contribution is 2.27. The third-order valence-corrected chi connectivity index (χ3v) is 4.89. The molecule has 1 amide bonds. The van der Waals surface area contributed by atoms with Crippen molar-refractivity contribution < 1.29 is 14.7 Å². The van der Waals surface area contributed by atoms with Gasteiger partial charge in [-0.15, -0.1) is 11.3 Å². The lowest BCUT2D eigenvalue weighted by Gasteiger charge is -2.19. The third-order valence-electron chi connectivity index (χ3n) is 3.69. The molecule has 2 aromatic heterocycles. The zero-order chi connectivity index (χ0) is 15.7. The minimum absolute atomic E-state index is 0.121. The number of aliphatic carboxylic acids is 1. The Labute approximate surface area is 126 Å². The van der Waals surface area contributed by atoms with Gasteiger partial charge in [0, 0.05) is 12.4 Å². The first-order valence-corrected chi connectivity index (χ1v) is 7.63. The molecule has 0 bridgehead atoms. The maximum Gasteiger partial charge on any atom is 0.326 e. The Morgan fingerprint density at radius 2 is 2.19 bits per heavy atom. The summed E-state index contributed by atoms with van der Waals surface area (Å²) < 4.78 is 1.73. The first kappa shape index (κ1) is 15.5. The predicted molar refractivity (Wildman–Crippen MR) is 81.7 cm³/mol. The number of carbonyl (C=O) groups is 2. The van der Waals surface area contributed by atoms with Crippen LogP contribution in [0.2, 0.25) is 0 Å². The van der Waals surface area contributed by atoms with Crippen LogP contribution in [-0.4, -0.2) is 32.8 Å². The summed E-state index contributed by atoms with van der Waals surface area (Å²) in [6.45, 7) is 5.61. The van der Waals surface area contributed by atoms with Crippen LogP contribution in [0.5, 0.6) is 0 Å². The number of amides is 1. The Morgan fingerprint density at radius 1 is 1.52 bits per heavy atom. The maximum atomic E-state index is 12.3. The Hall–Kier alpha value is -1.89. The highest BCUT2D eigenvalue weighted by atomic mass is 32.1. The number of fused-ring (bicyclic) bond motifs is 1. The molecule has 0 unspecified atom stereocenters. The SMILES string of the molecule is CC[C@H](C)[C@H](NC(=O)c1cc2c(C)nn(C)c2s1)C(=O)O. The fourth-order valence-electron chi connectivity index (χ4n) is 2.21. The molecule has 2 atom stereocenters. The van der Waals surface area contributed by atoms with Crippen molar-refractivity contribution in [3.05, 3.63) is 16.6 Å². The maximum absolute atomic E-state index is 12.3. The smallest absolute Gasteiger partial charge is 0.326 e. The zero-order valence-corrected chi connectivity index (χ0v) is 13.3. The molecule has 0 aromatic carbocycles. The number of carboxylic acid groups (broad SMARTS) is 1. The molecule has 0 aliphatic carbocycles. The van der Waals surface area contributed by atoms with Crippen molar-refractivity contribution in [2.75, 3.05) is 0 Å². The van der Waals surface area contributed by atoms with Crippen LogP contribution in [0.25, 0.3) is 10.2 Å². The van der Waals surface area contributed by atoms with Gasteiger partial charge in [0.15, 0.2) is 0 Å². The van der Waals surface area contributed by atoms with Crippen molar-refractivity contribution in [2.45, 2.75) is 33.2 Å². The summed E-state index contributed by atoms with van der Waals surface area (Å²) in [6.07, 6.45) is 0.687. The van der Waals surface area contributed by atoms with E-state index in [1.54, 1.807) is 10.7 Å². The topological polar surface area (TPSA) is 84.2 Å². The highest BCUT2D eigenvalue weighted by molar-refractivity contribution is 7.20. The summed E-state index contributed by atoms with van der Waals surface area (Å²) in [7, 11) is 1.83. The fraction of sp³-hybridized carbons (Fsp3) is 0.500. The average Bonchev–Trinajstić information content (AvgIpc) is 2.97. The van der Waals surface area contributed by atoms with Crippen LogP contribution in [0.4, 0.5) is 0 Å². The summed E-state index contributed by atoms with van der Waals surface area (Å²) in [5.41, 5.74) is 0.861. The van der Waals surface area contributed by atoms with Gasteiger partial charge >= 0.3 is 5.97 Å². The Balaban J connectivity index is 2.25. The minimum atomic E-state index is -1.00. The van der Waals surface area contributed by atoms with E-state index in [2.05, 4.69) is 10.4 Å². The summed E-state index contributed by atoms with van der Waals surface area (Å²) >= 11 is 1.32. The van der Waals surface area contributed by atoms with E-state index in [-0.39, 0.29) is 11.8 Å². The van der Waals surface area contributed by atoms with Gasteiger partial charge in [-0.25, -0.2) is 4.79 Å². The third kappa shape index (κ3) is 2.92. The van der Waals surface area contributed by atoms with Gasteiger partial charge in [0.25, 0.3) is 5.91 Å². The highest BCUT2D eigenvalue weighted by Gasteiger charge is 2.26. The molecule has 114 valence electrons. The number of hydrogen-bond donors (Lipinski definition) is 2. The lowest BCUT2D eigenvalue weighted by molar-refractivity contribution is -0.140. The van der Waals surface area contributed by atoms with Crippen LogP contribution in [-0.2, 0) is 11.8 Å². The molecule has 0 aliphatic rings. The van der Waals surface area contributed by atoms with Gasteiger partial charge in [-0.3, -0.25) is 9.48 Å². The van der Waals surface area contributed by atoms with Crippen molar-refractivity contribution in [2.24, 2.45) is 13.0 Å². The number of aromatic nitrogens is 2. The average molecular weight is 309 g/mol. The number of hydrogen-bond acceptors (Lipinski definition) is 4. The molecule has 0 aliphatic heterocycles. The molecule has 0 saturated heterocycles. The largest absolute Gasteiger partial charge is 0.480 e. The van der Waals surface area contributed by atoms with E-state index in [4.69, 9.17) is 0 Å². The molecular weight excluding hydrogens is 290 g/mol. The lowest BCUT2D eigenvalue weighted by atomic mass is 9.99. The molecule has 0 fully saturated rings. The molecule has 0 saturated carbocycles. The van der Waals surface area contributed by atoms with E-state index in [1.165, 1.54) is 11.3 Å². The van der Waals surface area contributed by atoms with Crippen LogP contribution in [0, 0.1) is 12.8 Å². The first-order chi connectivity index (χ1) is 9.85. The van der Waals surface area contributed by atoms with E-state index < -0.39 is 12.0 Å². The molecule has 0 spiro atoms. The second-order valence-corrected chi connectivity index (χ2v) is 6.24. The monoisotopic (exact) mass is 309 g/mol. The molecule has 21 heavy (non-hydrogen) atoms. The second kappa shape index (κ2) is 5.85. The number of rotatable bonds is 5. The quantitative estimate of drug-likeness (QED) is 0.886. The number of thiophene rings is 1. The van der Waals surface area contributed by atoms with E-state index >= 15 is 0 Å². The number of nitrogens with zero attached hydrogens (tertiary/aromatic N) is 2. The van der Waals surface area contributed by atoms with Crippen LogP contribution >= 0.6 is 11.3 Å². The van der Waals surface area contributed by atoms with Crippen molar-refractivity contribution in [3.8, 4) is 0 Å². The number of carbonyl (C=O) groups excluding carboxylic acids is 1. The molecule has 7 heteroatoms. The van der Waals surface area contributed by atoms with Gasteiger partial charge in [-0.2, -0.15) is 5.10 Å². The molecule has 2 rings (SSSR count). The van der Waals surface area contributed by atoms with Gasteiger partial charge in [0.1, 0.15) is 10.9 Å². The molecule has 2 heterocycles. The first-order valence-electron chi connectivity index (χ1n) is 6.82. The normalized spacial score (nSPS) is 14.1. The molecule has 2 N–H and O–H groups in total. The fourth-order valence-corrected chi connectivity index (χ4v) is 3.24. The standard InChI is InChI=1S/C14H19N3O3S/c1-5-7(2)11(14(19)20)15-12(18)10-6-9-8(3)16-17(4)13(9)21-10/h6-7,11H,5H2,1-4H3,(H,15,18)(H,19,20)/t7-,11-/m0/s1. The minimum Gasteiger partial charge on any atom is -0.480 e. The lowest BCUT2D eigenvalue weighted by Crippen LogP contribution is -2.44. The van der Waals surface area contributed by atoms with Crippen molar-refractivity contribution in [3.63, 3.8) is 0 Å². The van der Waals surface area contributed by atoms with Crippen molar-refractivity contribution >= 4 is 33.4 Å². The van der Waals surface area contributed by atoms with E-state index in [1.807, 2.05) is 27.8 Å². The number of aryl methyl sites for hydroxylation is 2. The Bertz CT molecular complexity index is 654.